The van der Waals surface area contributed by atoms with Crippen molar-refractivity contribution in [1.82, 2.24) is 15.2 Å². The molecule has 0 radical (unpaired) electrons. The van der Waals surface area contributed by atoms with Gasteiger partial charge in [0.05, 0.1) is 5.69 Å². The molecule has 5 heteroatoms. The Balaban J connectivity index is 2.60. The van der Waals surface area contributed by atoms with E-state index in [0.29, 0.717) is 5.92 Å². The van der Waals surface area contributed by atoms with E-state index in [1.807, 2.05) is 0 Å². The van der Waals surface area contributed by atoms with Gasteiger partial charge in [-0.05, 0) is 33.0 Å². The lowest BCUT2D eigenvalue weighted by molar-refractivity contribution is 0.399. The summed E-state index contributed by atoms with van der Waals surface area (Å²) in [5.74, 6) is 0.589. The van der Waals surface area contributed by atoms with Gasteiger partial charge in [0, 0.05) is 26.2 Å². The quantitative estimate of drug-likeness (QED) is 0.667. The third-order valence-corrected chi connectivity index (χ3v) is 2.95. The fourth-order valence-electron chi connectivity index (χ4n) is 1.94. The van der Waals surface area contributed by atoms with Crippen molar-refractivity contribution >= 4 is 6.01 Å². The molecule has 0 saturated carbocycles. The minimum absolute atomic E-state index is 0.589. The van der Waals surface area contributed by atoms with Crippen LogP contribution in [0.4, 0.5) is 6.01 Å². The summed E-state index contributed by atoms with van der Waals surface area (Å²) >= 11 is 0. The van der Waals surface area contributed by atoms with E-state index in [1.165, 1.54) is 0 Å². The first-order valence-corrected chi connectivity index (χ1v) is 7.57. The molecule has 5 nitrogen and oxygen atoms in total. The number of hydrogen-bond acceptors (Lipinski definition) is 5. The van der Waals surface area contributed by atoms with Crippen LogP contribution < -0.4 is 10.2 Å². The van der Waals surface area contributed by atoms with Crippen molar-refractivity contribution in [3.8, 4) is 0 Å². The van der Waals surface area contributed by atoms with Crippen LogP contribution in [0.3, 0.4) is 0 Å². The second-order valence-electron chi connectivity index (χ2n) is 5.94. The number of nitrogens with zero attached hydrogens (tertiary/aromatic N) is 3. The highest BCUT2D eigenvalue weighted by molar-refractivity contribution is 5.27. The van der Waals surface area contributed by atoms with Crippen molar-refractivity contribution in [1.29, 1.82) is 0 Å². The molecule has 1 aromatic rings. The Labute approximate surface area is 123 Å². The monoisotopic (exact) mass is 282 g/mol. The average molecular weight is 282 g/mol. The fourth-order valence-corrected chi connectivity index (χ4v) is 1.94. The van der Waals surface area contributed by atoms with E-state index in [0.717, 1.165) is 50.9 Å². The maximum absolute atomic E-state index is 5.65. The summed E-state index contributed by atoms with van der Waals surface area (Å²) in [6.45, 7) is 11.3. The highest BCUT2D eigenvalue weighted by Gasteiger charge is 2.14. The van der Waals surface area contributed by atoms with Gasteiger partial charge in [-0.1, -0.05) is 20.8 Å². The van der Waals surface area contributed by atoms with Crippen molar-refractivity contribution in [2.45, 2.75) is 33.7 Å². The summed E-state index contributed by atoms with van der Waals surface area (Å²) < 4.78 is 5.65. The summed E-state index contributed by atoms with van der Waals surface area (Å²) in [7, 11) is 4.17. The van der Waals surface area contributed by atoms with Gasteiger partial charge in [-0.15, -0.1) is 0 Å². The molecule has 116 valence electrons. The van der Waals surface area contributed by atoms with Crippen LogP contribution in [0.5, 0.6) is 0 Å². The van der Waals surface area contributed by atoms with Gasteiger partial charge in [0.25, 0.3) is 6.01 Å². The molecule has 0 aromatic carbocycles. The Bertz CT molecular complexity index is 363. The molecule has 0 aliphatic carbocycles. The predicted molar refractivity (Wildman–Crippen MR) is 84.1 cm³/mol. The van der Waals surface area contributed by atoms with Crippen LogP contribution in [0, 0.1) is 5.92 Å². The Hall–Kier alpha value is -1.07. The van der Waals surface area contributed by atoms with E-state index in [2.05, 4.69) is 55.0 Å². The lowest BCUT2D eigenvalue weighted by Gasteiger charge is -2.24. The number of nitrogens with one attached hydrogen (secondary N) is 1. The summed E-state index contributed by atoms with van der Waals surface area (Å²) in [6, 6.07) is 0.744. The molecule has 1 N–H and O–H groups in total. The van der Waals surface area contributed by atoms with Gasteiger partial charge in [-0.3, -0.25) is 0 Å². The normalized spacial score (nSPS) is 11.6. The molecule has 1 heterocycles. The van der Waals surface area contributed by atoms with Gasteiger partial charge in [-0.25, -0.2) is 0 Å². The number of anilines is 1. The number of oxazole rings is 1. The van der Waals surface area contributed by atoms with Crippen LogP contribution in [-0.4, -0.2) is 50.2 Å². The summed E-state index contributed by atoms with van der Waals surface area (Å²) in [6.07, 6.45) is 2.90. The number of aromatic nitrogens is 1. The van der Waals surface area contributed by atoms with Crippen molar-refractivity contribution in [2.24, 2.45) is 5.92 Å². The number of rotatable bonds is 10. The fraction of sp³-hybridized carbons (Fsp3) is 0.800. The van der Waals surface area contributed by atoms with Gasteiger partial charge in [0.2, 0.25) is 0 Å². The van der Waals surface area contributed by atoms with Gasteiger partial charge < -0.3 is 19.5 Å². The Morgan fingerprint density at radius 2 is 2.05 bits per heavy atom. The van der Waals surface area contributed by atoms with Crippen molar-refractivity contribution < 1.29 is 4.42 Å². The standard InChI is InChI=1S/C15H30N4O/c1-6-7-16-10-14-12-20-15(17-14)19(11-13(2)3)9-8-18(4)5/h12-13,16H,6-11H2,1-5H3. The third-order valence-electron chi connectivity index (χ3n) is 2.95. The third kappa shape index (κ3) is 6.39. The van der Waals surface area contributed by atoms with Gasteiger partial charge in [0.1, 0.15) is 6.26 Å². The molecule has 0 spiro atoms. The molecule has 0 atom stereocenters. The lowest BCUT2D eigenvalue weighted by atomic mass is 10.2. The van der Waals surface area contributed by atoms with Crippen LogP contribution in [0.1, 0.15) is 32.9 Å². The highest BCUT2D eigenvalue weighted by atomic mass is 16.4. The second kappa shape index (κ2) is 8.97. The first kappa shape index (κ1) is 17.0. The molecule has 0 saturated heterocycles. The molecular weight excluding hydrogens is 252 g/mol. The van der Waals surface area contributed by atoms with Gasteiger partial charge in [0.15, 0.2) is 0 Å². The zero-order chi connectivity index (χ0) is 15.0. The van der Waals surface area contributed by atoms with Crippen LogP contribution in [0.15, 0.2) is 10.7 Å². The zero-order valence-corrected chi connectivity index (χ0v) is 13.6. The highest BCUT2D eigenvalue weighted by Crippen LogP contribution is 2.15. The summed E-state index contributed by atoms with van der Waals surface area (Å²) in [5.41, 5.74) is 0.979. The van der Waals surface area contributed by atoms with Crippen LogP contribution in [0.25, 0.3) is 0 Å². The Morgan fingerprint density at radius 1 is 1.30 bits per heavy atom. The molecule has 1 aromatic heterocycles. The van der Waals surface area contributed by atoms with E-state index in [4.69, 9.17) is 4.42 Å². The smallest absolute Gasteiger partial charge is 0.297 e. The molecular formula is C15H30N4O. The van der Waals surface area contributed by atoms with Crippen LogP contribution in [0.2, 0.25) is 0 Å². The molecule has 0 aliphatic rings. The summed E-state index contributed by atoms with van der Waals surface area (Å²) in [4.78, 5) is 9.00. The molecule has 0 bridgehead atoms. The second-order valence-corrected chi connectivity index (χ2v) is 5.94. The van der Waals surface area contributed by atoms with E-state index < -0.39 is 0 Å². The minimum Gasteiger partial charge on any atom is -0.432 e. The largest absolute Gasteiger partial charge is 0.432 e. The maximum Gasteiger partial charge on any atom is 0.297 e. The van der Waals surface area contributed by atoms with Gasteiger partial charge >= 0.3 is 0 Å². The SMILES string of the molecule is CCCNCc1coc(N(CCN(C)C)CC(C)C)n1. The average Bonchev–Trinajstić information content (AvgIpc) is 2.83. The van der Waals surface area contributed by atoms with Crippen molar-refractivity contribution in [3.63, 3.8) is 0 Å². The first-order valence-electron chi connectivity index (χ1n) is 7.57. The number of hydrogen-bond donors (Lipinski definition) is 1. The van der Waals surface area contributed by atoms with Crippen molar-refractivity contribution in [2.75, 3.05) is 45.2 Å². The van der Waals surface area contributed by atoms with Crippen molar-refractivity contribution in [3.05, 3.63) is 12.0 Å². The molecule has 0 fully saturated rings. The van der Waals surface area contributed by atoms with E-state index in [-0.39, 0.29) is 0 Å². The van der Waals surface area contributed by atoms with Crippen LogP contribution >= 0.6 is 0 Å². The topological polar surface area (TPSA) is 44.5 Å². The summed E-state index contributed by atoms with van der Waals surface area (Å²) in [5, 5.41) is 3.35. The minimum atomic E-state index is 0.589. The lowest BCUT2D eigenvalue weighted by Crippen LogP contribution is -2.34. The van der Waals surface area contributed by atoms with E-state index in [1.54, 1.807) is 6.26 Å². The number of likely N-dealkylation sites (N-methyl/N-ethyl adjacent to an activating group) is 1. The van der Waals surface area contributed by atoms with E-state index in [9.17, 15) is 0 Å². The Morgan fingerprint density at radius 3 is 2.65 bits per heavy atom. The van der Waals surface area contributed by atoms with Crippen LogP contribution in [-0.2, 0) is 6.54 Å². The zero-order valence-electron chi connectivity index (χ0n) is 13.6. The van der Waals surface area contributed by atoms with Gasteiger partial charge in [-0.2, -0.15) is 4.98 Å². The maximum atomic E-state index is 5.65. The molecule has 20 heavy (non-hydrogen) atoms. The molecule has 0 unspecified atom stereocenters. The molecule has 1 rings (SSSR count). The molecule has 0 amide bonds. The Kier molecular flexibility index (Phi) is 7.62. The van der Waals surface area contributed by atoms with E-state index >= 15 is 0 Å². The predicted octanol–water partition coefficient (Wildman–Crippen LogP) is 2.20. The molecule has 0 aliphatic heterocycles. The first-order chi connectivity index (χ1) is 9.52.